The van der Waals surface area contributed by atoms with Gasteiger partial charge in [0.05, 0.1) is 6.61 Å². The van der Waals surface area contributed by atoms with Crippen LogP contribution in [0.25, 0.3) is 0 Å². The Balaban J connectivity index is 3.36. The summed E-state index contributed by atoms with van der Waals surface area (Å²) in [6.45, 7) is 0.933. The lowest BCUT2D eigenvalue weighted by Gasteiger charge is -2.35. The fourth-order valence-corrected chi connectivity index (χ4v) is 1.72. The molecule has 1 atom stereocenters. The van der Waals surface area contributed by atoms with Gasteiger partial charge in [-0.15, -0.1) is 11.6 Å². The van der Waals surface area contributed by atoms with Gasteiger partial charge in [-0.2, -0.15) is 13.2 Å². The molecule has 1 aromatic carbocycles. The number of hydrogen-bond donors (Lipinski definition) is 2. The highest BCUT2D eigenvalue weighted by molar-refractivity contribution is 6.27. The van der Waals surface area contributed by atoms with E-state index in [1.165, 1.54) is 12.2 Å². The first-order valence-corrected chi connectivity index (χ1v) is 6.84. The number of carbonyl (C=O) groups is 2. The lowest BCUT2D eigenvalue weighted by molar-refractivity contribution is -0.207. The molecule has 0 spiro atoms. The van der Waals surface area contributed by atoms with E-state index in [0.29, 0.717) is 0 Å². The number of rotatable bonds is 6. The maximum atomic E-state index is 13.5. The monoisotopic (exact) mass is 356 g/mol. The highest BCUT2D eigenvalue weighted by Crippen LogP contribution is 2.33. The number of anilines is 1. The Morgan fingerprint density at radius 3 is 2.43 bits per heavy atom. The Morgan fingerprint density at radius 1 is 1.30 bits per heavy atom. The van der Waals surface area contributed by atoms with Crippen LogP contribution in [0.3, 0.4) is 0 Å². The van der Waals surface area contributed by atoms with Crippen molar-refractivity contribution < 1.29 is 31.9 Å². The van der Waals surface area contributed by atoms with Crippen molar-refractivity contribution in [3.63, 3.8) is 0 Å². The summed E-state index contributed by atoms with van der Waals surface area (Å²) in [5.41, 5.74) is -3.98. The smallest absolute Gasteiger partial charge is 0.441 e. The van der Waals surface area contributed by atoms with Crippen molar-refractivity contribution >= 4 is 29.2 Å². The summed E-state index contributed by atoms with van der Waals surface area (Å²) >= 11 is 5.20. The lowest BCUT2D eigenvalue weighted by atomic mass is 10.1. The van der Waals surface area contributed by atoms with E-state index in [4.69, 9.17) is 11.6 Å². The molecule has 1 amide bonds. The minimum absolute atomic E-state index is 0.363. The molecular weight excluding hydrogens is 344 g/mol. The molecule has 2 N–H and O–H groups in total. The van der Waals surface area contributed by atoms with Gasteiger partial charge in [0, 0.05) is 5.69 Å². The molecule has 0 heterocycles. The molecule has 5 nitrogen and oxygen atoms in total. The largest absolute Gasteiger partial charge is 0.463 e. The first kappa shape index (κ1) is 19.0. The minimum Gasteiger partial charge on any atom is -0.463 e. The molecule has 0 saturated heterocycles. The van der Waals surface area contributed by atoms with E-state index in [2.05, 4.69) is 4.74 Å². The third kappa shape index (κ3) is 4.47. The highest BCUT2D eigenvalue weighted by atomic mass is 35.5. The van der Waals surface area contributed by atoms with Gasteiger partial charge in [-0.1, -0.05) is 6.07 Å². The molecule has 128 valence electrons. The van der Waals surface area contributed by atoms with Crippen molar-refractivity contribution in [2.75, 3.05) is 17.8 Å². The Labute approximate surface area is 133 Å². The fourth-order valence-electron chi connectivity index (χ4n) is 1.66. The van der Waals surface area contributed by atoms with Gasteiger partial charge in [-0.3, -0.25) is 4.79 Å². The molecule has 0 aliphatic carbocycles. The second-order valence-corrected chi connectivity index (χ2v) is 4.55. The van der Waals surface area contributed by atoms with Crippen LogP contribution in [0.15, 0.2) is 24.3 Å². The Kier molecular flexibility index (Phi) is 6.20. The predicted octanol–water partition coefficient (Wildman–Crippen LogP) is 2.41. The van der Waals surface area contributed by atoms with Gasteiger partial charge in [-0.25, -0.2) is 9.18 Å². The van der Waals surface area contributed by atoms with E-state index >= 15 is 0 Å². The molecule has 0 aliphatic heterocycles. The van der Waals surface area contributed by atoms with Crippen LogP contribution in [0.5, 0.6) is 0 Å². The van der Waals surface area contributed by atoms with Gasteiger partial charge >= 0.3 is 17.8 Å². The second kappa shape index (κ2) is 7.49. The summed E-state index contributed by atoms with van der Waals surface area (Å²) in [6.07, 6.45) is -5.28. The summed E-state index contributed by atoms with van der Waals surface area (Å²) in [4.78, 5) is 23.3. The first-order chi connectivity index (χ1) is 10.7. The number of halogens is 5. The first-order valence-electron chi connectivity index (χ1n) is 6.31. The van der Waals surface area contributed by atoms with Gasteiger partial charge < -0.3 is 15.4 Å². The number of benzene rings is 1. The zero-order chi connectivity index (χ0) is 17.7. The average molecular weight is 357 g/mol. The zero-order valence-corrected chi connectivity index (χ0v) is 12.6. The second-order valence-electron chi connectivity index (χ2n) is 4.29. The molecule has 0 fully saturated rings. The number of nitrogens with one attached hydrogen (secondary N) is 2. The summed E-state index contributed by atoms with van der Waals surface area (Å²) in [5.74, 6) is -4.71. The number of amides is 1. The van der Waals surface area contributed by atoms with Crippen molar-refractivity contribution in [3.05, 3.63) is 30.1 Å². The predicted molar refractivity (Wildman–Crippen MR) is 74.3 cm³/mol. The molecule has 0 aliphatic rings. The molecule has 10 heteroatoms. The summed E-state index contributed by atoms with van der Waals surface area (Å²) in [7, 11) is 0. The quantitative estimate of drug-likeness (QED) is 0.355. The van der Waals surface area contributed by atoms with Gasteiger partial charge in [0.15, 0.2) is 0 Å². The Hall–Kier alpha value is -2.03. The van der Waals surface area contributed by atoms with E-state index in [1.54, 1.807) is 5.32 Å². The van der Waals surface area contributed by atoms with Gasteiger partial charge in [-0.05, 0) is 25.1 Å². The van der Waals surface area contributed by atoms with Gasteiger partial charge in [0.25, 0.3) is 0 Å². The standard InChI is InChI=1S/C13H13ClF4N2O3/c1-2-23-11(22)12(13(16,17)18,20-10(21)7-14)19-9-5-3-4-8(15)6-9/h3-6,19H,2,7H2,1H3,(H,20,21)/t12-/m0/s1. The van der Waals surface area contributed by atoms with Crippen molar-refractivity contribution in [1.29, 1.82) is 0 Å². The van der Waals surface area contributed by atoms with Crippen molar-refractivity contribution in [2.24, 2.45) is 0 Å². The summed E-state index contributed by atoms with van der Waals surface area (Å²) in [5, 5.41) is 3.26. The Bertz CT molecular complexity index is 583. The van der Waals surface area contributed by atoms with Crippen LogP contribution in [0.4, 0.5) is 23.2 Å². The van der Waals surface area contributed by atoms with Crippen LogP contribution in [0, 0.1) is 5.82 Å². The lowest BCUT2D eigenvalue weighted by Crippen LogP contribution is -2.69. The van der Waals surface area contributed by atoms with Crippen LogP contribution >= 0.6 is 11.6 Å². The van der Waals surface area contributed by atoms with E-state index in [0.717, 1.165) is 24.3 Å². The van der Waals surface area contributed by atoms with Crippen LogP contribution in [-0.4, -0.2) is 36.2 Å². The molecule has 0 saturated carbocycles. The van der Waals surface area contributed by atoms with Crippen LogP contribution in [0.1, 0.15) is 6.92 Å². The third-order valence-corrected chi connectivity index (χ3v) is 2.85. The molecule has 0 radical (unpaired) electrons. The summed E-state index contributed by atoms with van der Waals surface area (Å²) < 4.78 is 58.1. The summed E-state index contributed by atoms with van der Waals surface area (Å²) in [6, 6.07) is 3.96. The molecule has 23 heavy (non-hydrogen) atoms. The van der Waals surface area contributed by atoms with E-state index in [-0.39, 0.29) is 12.3 Å². The number of esters is 1. The van der Waals surface area contributed by atoms with Crippen LogP contribution in [-0.2, 0) is 14.3 Å². The third-order valence-electron chi connectivity index (χ3n) is 2.61. The molecule has 1 aromatic rings. The molecule has 0 aromatic heterocycles. The normalized spacial score (nSPS) is 13.8. The maximum Gasteiger partial charge on any atom is 0.441 e. The van der Waals surface area contributed by atoms with Crippen molar-refractivity contribution in [1.82, 2.24) is 5.32 Å². The zero-order valence-electron chi connectivity index (χ0n) is 11.8. The van der Waals surface area contributed by atoms with E-state index in [9.17, 15) is 27.2 Å². The van der Waals surface area contributed by atoms with E-state index < -0.39 is 35.4 Å². The van der Waals surface area contributed by atoms with Gasteiger partial charge in [0.1, 0.15) is 11.7 Å². The molecule has 0 unspecified atom stereocenters. The van der Waals surface area contributed by atoms with Crippen molar-refractivity contribution in [3.8, 4) is 0 Å². The molecule has 1 rings (SSSR count). The van der Waals surface area contributed by atoms with Gasteiger partial charge in [0.2, 0.25) is 5.91 Å². The van der Waals surface area contributed by atoms with Crippen molar-refractivity contribution in [2.45, 2.75) is 18.8 Å². The number of hydrogen-bond acceptors (Lipinski definition) is 4. The molecular formula is C13H13ClF4N2O3. The fraction of sp³-hybridized carbons (Fsp3) is 0.385. The topological polar surface area (TPSA) is 67.4 Å². The number of alkyl halides is 4. The highest BCUT2D eigenvalue weighted by Gasteiger charge is 2.63. The minimum atomic E-state index is -5.28. The molecule has 0 bridgehead atoms. The number of carbonyl (C=O) groups excluding carboxylic acids is 2. The number of ether oxygens (including phenoxy) is 1. The SMILES string of the molecule is CCOC(=O)[C@@](NC(=O)CCl)(Nc1cccc(F)c1)C(F)(F)F. The van der Waals surface area contributed by atoms with E-state index in [1.807, 2.05) is 0 Å². The van der Waals surface area contributed by atoms with Crippen LogP contribution in [0.2, 0.25) is 0 Å². The average Bonchev–Trinajstić information content (AvgIpc) is 2.45. The van der Waals surface area contributed by atoms with Crippen LogP contribution < -0.4 is 10.6 Å². The maximum absolute atomic E-state index is 13.5. The Morgan fingerprint density at radius 2 is 1.96 bits per heavy atom.